The van der Waals surface area contributed by atoms with Crippen LogP contribution in [-0.2, 0) is 11.3 Å². The molecule has 0 spiro atoms. The average molecular weight is 414 g/mol. The number of carbonyl (C=O) groups is 1. The lowest BCUT2D eigenvalue weighted by atomic mass is 10.0. The topological polar surface area (TPSA) is 41.6 Å². The van der Waals surface area contributed by atoms with Crippen LogP contribution in [0.25, 0.3) is 6.08 Å². The first-order chi connectivity index (χ1) is 14.4. The lowest BCUT2D eigenvalue weighted by Crippen LogP contribution is -2.45. The van der Waals surface area contributed by atoms with E-state index < -0.39 is 11.6 Å². The normalized spacial score (nSPS) is 15.0. The highest BCUT2D eigenvalue weighted by Gasteiger charge is 2.25. The molecule has 0 atom stereocenters. The number of carbonyl (C=O) groups excluding carboxylic acids is 1. The molecule has 0 unspecified atom stereocenters. The van der Waals surface area contributed by atoms with E-state index in [0.717, 1.165) is 43.3 Å². The van der Waals surface area contributed by atoms with E-state index in [1.807, 2.05) is 38.1 Å². The molecule has 6 heteroatoms. The highest BCUT2D eigenvalue weighted by molar-refractivity contribution is 5.92. The fourth-order valence-electron chi connectivity index (χ4n) is 3.53. The SMILES string of the molecule is CC(C)Oc1ccc(/C=C/C(=O)N(Cc2ccc(F)cc2F)C2CCNCC2)cc1. The van der Waals surface area contributed by atoms with Gasteiger partial charge in [0.05, 0.1) is 6.10 Å². The van der Waals surface area contributed by atoms with Crippen LogP contribution in [0.3, 0.4) is 0 Å². The van der Waals surface area contributed by atoms with Crippen LogP contribution in [0.2, 0.25) is 0 Å². The minimum absolute atomic E-state index is 0.00895. The van der Waals surface area contributed by atoms with Crippen molar-refractivity contribution < 1.29 is 18.3 Å². The number of nitrogens with one attached hydrogen (secondary N) is 1. The first-order valence-electron chi connectivity index (χ1n) is 10.3. The van der Waals surface area contributed by atoms with Gasteiger partial charge >= 0.3 is 0 Å². The number of benzene rings is 2. The van der Waals surface area contributed by atoms with Gasteiger partial charge in [-0.15, -0.1) is 0 Å². The minimum Gasteiger partial charge on any atom is -0.491 e. The summed E-state index contributed by atoms with van der Waals surface area (Å²) in [5, 5.41) is 3.28. The number of piperidine rings is 1. The molecule has 3 rings (SSSR count). The minimum atomic E-state index is -0.633. The molecule has 1 N–H and O–H groups in total. The smallest absolute Gasteiger partial charge is 0.247 e. The lowest BCUT2D eigenvalue weighted by Gasteiger charge is -2.34. The number of rotatable bonds is 7. The molecule has 0 aromatic heterocycles. The van der Waals surface area contributed by atoms with Gasteiger partial charge in [0.25, 0.3) is 0 Å². The van der Waals surface area contributed by atoms with E-state index in [1.54, 1.807) is 11.0 Å². The summed E-state index contributed by atoms with van der Waals surface area (Å²) >= 11 is 0. The third-order valence-electron chi connectivity index (χ3n) is 5.06. The van der Waals surface area contributed by atoms with E-state index in [4.69, 9.17) is 4.74 Å². The van der Waals surface area contributed by atoms with Gasteiger partial charge in [0.2, 0.25) is 5.91 Å². The molecule has 4 nitrogen and oxygen atoms in total. The second-order valence-corrected chi connectivity index (χ2v) is 7.75. The zero-order valence-electron chi connectivity index (χ0n) is 17.4. The molecule has 1 aliphatic rings. The van der Waals surface area contributed by atoms with Crippen molar-refractivity contribution >= 4 is 12.0 Å². The molecule has 1 amide bonds. The van der Waals surface area contributed by atoms with Crippen LogP contribution in [0.4, 0.5) is 8.78 Å². The fraction of sp³-hybridized carbons (Fsp3) is 0.375. The molecular formula is C24H28F2N2O2. The Bertz CT molecular complexity index is 875. The predicted octanol–water partition coefficient (Wildman–Crippen LogP) is 4.55. The molecule has 1 fully saturated rings. The van der Waals surface area contributed by atoms with Crippen molar-refractivity contribution in [2.75, 3.05) is 13.1 Å². The molecule has 2 aromatic carbocycles. The molecule has 160 valence electrons. The van der Waals surface area contributed by atoms with E-state index in [9.17, 15) is 13.6 Å². The van der Waals surface area contributed by atoms with Gasteiger partial charge in [0, 0.05) is 30.3 Å². The van der Waals surface area contributed by atoms with Gasteiger partial charge in [-0.3, -0.25) is 4.79 Å². The van der Waals surface area contributed by atoms with Gasteiger partial charge in [0.15, 0.2) is 0 Å². The summed E-state index contributed by atoms with van der Waals surface area (Å²) in [5.74, 6) is -0.669. The molecule has 2 aromatic rings. The Morgan fingerprint density at radius 3 is 2.50 bits per heavy atom. The van der Waals surface area contributed by atoms with Crippen molar-refractivity contribution in [2.45, 2.75) is 45.4 Å². The van der Waals surface area contributed by atoms with Gasteiger partial charge in [-0.1, -0.05) is 18.2 Å². The maximum absolute atomic E-state index is 14.2. The van der Waals surface area contributed by atoms with Gasteiger partial charge in [-0.05, 0) is 69.6 Å². The number of nitrogens with zero attached hydrogens (tertiary/aromatic N) is 1. The van der Waals surface area contributed by atoms with Gasteiger partial charge < -0.3 is 15.0 Å². The second-order valence-electron chi connectivity index (χ2n) is 7.75. The van der Waals surface area contributed by atoms with Gasteiger partial charge in [0.1, 0.15) is 17.4 Å². The zero-order chi connectivity index (χ0) is 21.5. The molecule has 0 aliphatic carbocycles. The number of amides is 1. The van der Waals surface area contributed by atoms with Crippen LogP contribution in [0.1, 0.15) is 37.8 Å². The van der Waals surface area contributed by atoms with Crippen molar-refractivity contribution in [2.24, 2.45) is 0 Å². The van der Waals surface area contributed by atoms with Gasteiger partial charge in [-0.25, -0.2) is 8.78 Å². The summed E-state index contributed by atoms with van der Waals surface area (Å²) in [6.07, 6.45) is 4.95. The number of ether oxygens (including phenoxy) is 1. The summed E-state index contributed by atoms with van der Waals surface area (Å²) in [6.45, 7) is 5.65. The van der Waals surface area contributed by atoms with Crippen molar-refractivity contribution in [1.29, 1.82) is 0 Å². The Hall–Kier alpha value is -2.73. The number of halogens is 2. The van der Waals surface area contributed by atoms with Crippen LogP contribution in [0, 0.1) is 11.6 Å². The highest BCUT2D eigenvalue weighted by Crippen LogP contribution is 2.20. The Kier molecular flexibility index (Phi) is 7.57. The quantitative estimate of drug-likeness (QED) is 0.676. The summed E-state index contributed by atoms with van der Waals surface area (Å²) < 4.78 is 33.1. The van der Waals surface area contributed by atoms with Crippen molar-refractivity contribution in [1.82, 2.24) is 10.2 Å². The van der Waals surface area contributed by atoms with Crippen LogP contribution in [-0.4, -0.2) is 36.0 Å². The first kappa shape index (κ1) is 22.0. The molecule has 0 saturated carbocycles. The largest absolute Gasteiger partial charge is 0.491 e. The monoisotopic (exact) mass is 414 g/mol. The Balaban J connectivity index is 1.74. The summed E-state index contributed by atoms with van der Waals surface area (Å²) in [7, 11) is 0. The Morgan fingerprint density at radius 1 is 1.17 bits per heavy atom. The average Bonchev–Trinajstić information content (AvgIpc) is 2.73. The molecule has 0 radical (unpaired) electrons. The van der Waals surface area contributed by atoms with E-state index in [-0.39, 0.29) is 24.6 Å². The molecule has 1 saturated heterocycles. The number of hydrogen-bond acceptors (Lipinski definition) is 3. The summed E-state index contributed by atoms with van der Waals surface area (Å²) in [6, 6.07) is 11.0. The van der Waals surface area contributed by atoms with Crippen LogP contribution in [0.5, 0.6) is 5.75 Å². The van der Waals surface area contributed by atoms with Crippen LogP contribution < -0.4 is 10.1 Å². The standard InChI is InChI=1S/C24H28F2N2O2/c1-17(2)30-22-8-3-18(4-9-22)5-10-24(29)28(21-11-13-27-14-12-21)16-19-6-7-20(25)15-23(19)26/h3-10,15,17,21,27H,11-14,16H2,1-2H3/b10-5+. The highest BCUT2D eigenvalue weighted by atomic mass is 19.1. The molecule has 1 aliphatic heterocycles. The van der Waals surface area contributed by atoms with E-state index >= 15 is 0 Å². The summed E-state index contributed by atoms with van der Waals surface area (Å²) in [4.78, 5) is 14.7. The third kappa shape index (κ3) is 6.13. The second kappa shape index (κ2) is 10.3. The summed E-state index contributed by atoms with van der Waals surface area (Å²) in [5.41, 5.74) is 1.18. The Labute approximate surface area is 176 Å². The first-order valence-corrected chi connectivity index (χ1v) is 10.3. The lowest BCUT2D eigenvalue weighted by molar-refractivity contribution is -0.129. The third-order valence-corrected chi connectivity index (χ3v) is 5.06. The maximum Gasteiger partial charge on any atom is 0.247 e. The van der Waals surface area contributed by atoms with E-state index in [0.29, 0.717) is 5.56 Å². The van der Waals surface area contributed by atoms with Gasteiger partial charge in [-0.2, -0.15) is 0 Å². The van der Waals surface area contributed by atoms with Crippen LogP contribution in [0.15, 0.2) is 48.5 Å². The zero-order valence-corrected chi connectivity index (χ0v) is 17.4. The fourth-order valence-corrected chi connectivity index (χ4v) is 3.53. The van der Waals surface area contributed by atoms with Crippen LogP contribution >= 0.6 is 0 Å². The van der Waals surface area contributed by atoms with Crippen molar-refractivity contribution in [3.63, 3.8) is 0 Å². The number of hydrogen-bond donors (Lipinski definition) is 1. The molecular weight excluding hydrogens is 386 g/mol. The van der Waals surface area contributed by atoms with Crippen molar-refractivity contribution in [3.8, 4) is 5.75 Å². The Morgan fingerprint density at radius 2 is 1.87 bits per heavy atom. The molecule has 1 heterocycles. The van der Waals surface area contributed by atoms with E-state index in [1.165, 1.54) is 18.2 Å². The maximum atomic E-state index is 14.2. The van der Waals surface area contributed by atoms with Crippen molar-refractivity contribution in [3.05, 3.63) is 71.3 Å². The van der Waals surface area contributed by atoms with E-state index in [2.05, 4.69) is 5.32 Å². The molecule has 30 heavy (non-hydrogen) atoms. The predicted molar refractivity (Wildman–Crippen MR) is 114 cm³/mol. The molecule has 0 bridgehead atoms.